The van der Waals surface area contributed by atoms with Gasteiger partial charge in [0, 0.05) is 19.5 Å². The van der Waals surface area contributed by atoms with E-state index in [-0.39, 0.29) is 0 Å². The highest BCUT2D eigenvalue weighted by atomic mass is 16.2. The highest BCUT2D eigenvalue weighted by Crippen LogP contribution is 2.12. The van der Waals surface area contributed by atoms with Gasteiger partial charge in [0.2, 0.25) is 5.91 Å². The average Bonchev–Trinajstić information content (AvgIpc) is 2.29. The van der Waals surface area contributed by atoms with E-state index in [0.29, 0.717) is 11.8 Å². The Labute approximate surface area is 81.3 Å². The van der Waals surface area contributed by atoms with Crippen LogP contribution >= 0.6 is 0 Å². The summed E-state index contributed by atoms with van der Waals surface area (Å²) in [6.07, 6.45) is 5.71. The second-order valence-electron chi connectivity index (χ2n) is 4.39. The van der Waals surface area contributed by atoms with Gasteiger partial charge in [-0.1, -0.05) is 26.7 Å². The molecule has 0 radical (unpaired) electrons. The lowest BCUT2D eigenvalue weighted by atomic mass is 10.1. The second kappa shape index (κ2) is 5.25. The zero-order valence-electron chi connectivity index (χ0n) is 8.88. The van der Waals surface area contributed by atoms with Crippen LogP contribution in [-0.2, 0) is 4.79 Å². The van der Waals surface area contributed by atoms with Crippen molar-refractivity contribution in [3.8, 4) is 0 Å². The molecule has 1 amide bonds. The average molecular weight is 183 g/mol. The molecule has 0 unspecified atom stereocenters. The van der Waals surface area contributed by atoms with Gasteiger partial charge in [0.15, 0.2) is 0 Å². The first kappa shape index (κ1) is 10.6. The van der Waals surface area contributed by atoms with Crippen molar-refractivity contribution in [2.24, 2.45) is 5.92 Å². The van der Waals surface area contributed by atoms with Crippen LogP contribution in [0, 0.1) is 5.92 Å². The molecule has 0 N–H and O–H groups in total. The summed E-state index contributed by atoms with van der Waals surface area (Å²) in [5.41, 5.74) is 0. The number of likely N-dealkylation sites (tertiary alicyclic amines) is 1. The largest absolute Gasteiger partial charge is 0.343 e. The van der Waals surface area contributed by atoms with E-state index in [2.05, 4.69) is 13.8 Å². The summed E-state index contributed by atoms with van der Waals surface area (Å²) >= 11 is 0. The maximum Gasteiger partial charge on any atom is 0.222 e. The molecule has 0 spiro atoms. The number of hydrogen-bond donors (Lipinski definition) is 0. The van der Waals surface area contributed by atoms with Crippen LogP contribution in [-0.4, -0.2) is 23.9 Å². The van der Waals surface area contributed by atoms with Crippen molar-refractivity contribution < 1.29 is 4.79 Å². The van der Waals surface area contributed by atoms with Gasteiger partial charge in [-0.15, -0.1) is 0 Å². The minimum atomic E-state index is 0.358. The first-order chi connectivity index (χ1) is 6.20. The van der Waals surface area contributed by atoms with Crippen LogP contribution < -0.4 is 0 Å². The SMILES string of the molecule is CC(C)CC(=O)N1CCCCCC1. The fourth-order valence-electron chi connectivity index (χ4n) is 1.80. The van der Waals surface area contributed by atoms with E-state index in [1.807, 2.05) is 4.90 Å². The van der Waals surface area contributed by atoms with Crippen molar-refractivity contribution in [3.05, 3.63) is 0 Å². The van der Waals surface area contributed by atoms with Crippen LogP contribution in [0.5, 0.6) is 0 Å². The third kappa shape index (κ3) is 3.79. The van der Waals surface area contributed by atoms with E-state index < -0.39 is 0 Å². The summed E-state index contributed by atoms with van der Waals surface area (Å²) in [5, 5.41) is 0. The van der Waals surface area contributed by atoms with Gasteiger partial charge in [-0.05, 0) is 18.8 Å². The molecule has 0 bridgehead atoms. The normalized spacial score (nSPS) is 18.8. The van der Waals surface area contributed by atoms with Crippen molar-refractivity contribution in [3.63, 3.8) is 0 Å². The van der Waals surface area contributed by atoms with Crippen LogP contribution in [0.3, 0.4) is 0 Å². The lowest BCUT2D eigenvalue weighted by Gasteiger charge is -2.21. The summed E-state index contributed by atoms with van der Waals surface area (Å²) in [5.74, 6) is 0.854. The predicted molar refractivity (Wildman–Crippen MR) is 54.5 cm³/mol. The summed E-state index contributed by atoms with van der Waals surface area (Å²) < 4.78 is 0. The highest BCUT2D eigenvalue weighted by Gasteiger charge is 2.15. The third-order valence-corrected chi connectivity index (χ3v) is 2.54. The van der Waals surface area contributed by atoms with Gasteiger partial charge in [0.05, 0.1) is 0 Å². The molecular formula is C11H21NO. The summed E-state index contributed by atoms with van der Waals surface area (Å²) in [6.45, 7) is 6.20. The van der Waals surface area contributed by atoms with E-state index in [1.54, 1.807) is 0 Å². The van der Waals surface area contributed by atoms with Gasteiger partial charge >= 0.3 is 0 Å². The number of hydrogen-bond acceptors (Lipinski definition) is 1. The second-order valence-corrected chi connectivity index (χ2v) is 4.39. The molecule has 0 atom stereocenters. The van der Waals surface area contributed by atoms with Gasteiger partial charge in [0.25, 0.3) is 0 Å². The molecule has 2 nitrogen and oxygen atoms in total. The van der Waals surface area contributed by atoms with Gasteiger partial charge in [-0.25, -0.2) is 0 Å². The minimum absolute atomic E-state index is 0.358. The maximum atomic E-state index is 11.7. The Morgan fingerprint density at radius 1 is 1.15 bits per heavy atom. The van der Waals surface area contributed by atoms with Crippen molar-refractivity contribution in [2.45, 2.75) is 46.0 Å². The Bertz CT molecular complexity index is 157. The minimum Gasteiger partial charge on any atom is -0.343 e. The molecule has 1 fully saturated rings. The molecule has 0 saturated carbocycles. The Balaban J connectivity index is 2.35. The topological polar surface area (TPSA) is 20.3 Å². The highest BCUT2D eigenvalue weighted by molar-refractivity contribution is 5.76. The Morgan fingerprint density at radius 3 is 2.15 bits per heavy atom. The van der Waals surface area contributed by atoms with Gasteiger partial charge in [0.1, 0.15) is 0 Å². The lowest BCUT2D eigenvalue weighted by molar-refractivity contribution is -0.131. The molecule has 0 aromatic rings. The molecular weight excluding hydrogens is 162 g/mol. The van der Waals surface area contributed by atoms with Crippen molar-refractivity contribution in [2.75, 3.05) is 13.1 Å². The number of rotatable bonds is 2. The summed E-state index contributed by atoms with van der Waals surface area (Å²) in [6, 6.07) is 0. The van der Waals surface area contributed by atoms with Crippen LogP contribution in [0.25, 0.3) is 0 Å². The molecule has 1 saturated heterocycles. The molecule has 1 aliphatic rings. The Hall–Kier alpha value is -0.530. The maximum absolute atomic E-state index is 11.7. The Kier molecular flexibility index (Phi) is 4.26. The van der Waals surface area contributed by atoms with Crippen LogP contribution in [0.4, 0.5) is 0 Å². The van der Waals surface area contributed by atoms with E-state index >= 15 is 0 Å². The van der Waals surface area contributed by atoms with Gasteiger partial charge in [-0.3, -0.25) is 4.79 Å². The third-order valence-electron chi connectivity index (χ3n) is 2.54. The predicted octanol–water partition coefficient (Wildman–Crippen LogP) is 2.44. The van der Waals surface area contributed by atoms with Crippen LogP contribution in [0.2, 0.25) is 0 Å². The number of amides is 1. The number of nitrogens with zero attached hydrogens (tertiary/aromatic N) is 1. The van der Waals surface area contributed by atoms with Crippen molar-refractivity contribution in [1.82, 2.24) is 4.90 Å². The number of carbonyl (C=O) groups excluding carboxylic acids is 1. The van der Waals surface area contributed by atoms with Crippen molar-refractivity contribution in [1.29, 1.82) is 0 Å². The van der Waals surface area contributed by atoms with Crippen LogP contribution in [0.1, 0.15) is 46.0 Å². The molecule has 0 aromatic heterocycles. The smallest absolute Gasteiger partial charge is 0.222 e. The number of carbonyl (C=O) groups is 1. The molecule has 2 heteroatoms. The van der Waals surface area contributed by atoms with E-state index in [4.69, 9.17) is 0 Å². The molecule has 0 aliphatic carbocycles. The quantitative estimate of drug-likeness (QED) is 0.644. The van der Waals surface area contributed by atoms with Crippen molar-refractivity contribution >= 4 is 5.91 Å². The first-order valence-electron chi connectivity index (χ1n) is 5.48. The molecule has 1 aliphatic heterocycles. The molecule has 1 heterocycles. The van der Waals surface area contributed by atoms with E-state index in [9.17, 15) is 4.79 Å². The fraction of sp³-hybridized carbons (Fsp3) is 0.909. The van der Waals surface area contributed by atoms with Gasteiger partial charge in [-0.2, -0.15) is 0 Å². The molecule has 1 rings (SSSR count). The zero-order chi connectivity index (χ0) is 9.68. The standard InChI is InChI=1S/C11H21NO/c1-10(2)9-11(13)12-7-5-3-4-6-8-12/h10H,3-9H2,1-2H3. The summed E-state index contributed by atoms with van der Waals surface area (Å²) in [4.78, 5) is 13.7. The zero-order valence-corrected chi connectivity index (χ0v) is 8.88. The lowest BCUT2D eigenvalue weighted by Crippen LogP contribution is -2.32. The first-order valence-corrected chi connectivity index (χ1v) is 5.48. The monoisotopic (exact) mass is 183 g/mol. The van der Waals surface area contributed by atoms with E-state index in [1.165, 1.54) is 25.7 Å². The Morgan fingerprint density at radius 2 is 1.69 bits per heavy atom. The van der Waals surface area contributed by atoms with E-state index in [0.717, 1.165) is 19.5 Å². The summed E-state index contributed by atoms with van der Waals surface area (Å²) in [7, 11) is 0. The van der Waals surface area contributed by atoms with Gasteiger partial charge < -0.3 is 4.90 Å². The van der Waals surface area contributed by atoms with Crippen LogP contribution in [0.15, 0.2) is 0 Å². The molecule has 0 aromatic carbocycles. The molecule has 76 valence electrons. The molecule has 13 heavy (non-hydrogen) atoms. The fourth-order valence-corrected chi connectivity index (χ4v) is 1.80.